The second kappa shape index (κ2) is 8.93. The molecule has 0 radical (unpaired) electrons. The third kappa shape index (κ3) is 4.24. The Balaban J connectivity index is 1.53. The smallest absolute Gasteiger partial charge is 0.257 e. The van der Waals surface area contributed by atoms with Gasteiger partial charge in [-0.15, -0.1) is 0 Å². The molecule has 2 heterocycles. The molecule has 1 fully saturated rings. The van der Waals surface area contributed by atoms with E-state index in [4.69, 9.17) is 4.98 Å². The number of rotatable bonds is 4. The van der Waals surface area contributed by atoms with Gasteiger partial charge in [-0.1, -0.05) is 49.2 Å². The van der Waals surface area contributed by atoms with E-state index in [0.29, 0.717) is 24.1 Å². The van der Waals surface area contributed by atoms with Crippen LogP contribution in [0, 0.1) is 0 Å². The second-order valence-electron chi connectivity index (χ2n) is 9.97. The molecule has 34 heavy (non-hydrogen) atoms. The van der Waals surface area contributed by atoms with Gasteiger partial charge in [-0.25, -0.2) is 4.98 Å². The van der Waals surface area contributed by atoms with Crippen molar-refractivity contribution in [1.82, 2.24) is 14.5 Å². The van der Waals surface area contributed by atoms with Crippen molar-refractivity contribution in [3.05, 3.63) is 87.7 Å². The van der Waals surface area contributed by atoms with Crippen molar-refractivity contribution >= 4 is 5.57 Å². The molecule has 176 valence electrons. The number of benzene rings is 1. The third-order valence-corrected chi connectivity index (χ3v) is 7.07. The molecule has 0 spiro atoms. The van der Waals surface area contributed by atoms with Crippen molar-refractivity contribution < 1.29 is 10.2 Å². The minimum absolute atomic E-state index is 0.0561. The summed E-state index contributed by atoms with van der Waals surface area (Å²) in [6, 6.07) is 11.7. The van der Waals surface area contributed by atoms with Crippen LogP contribution in [0.25, 0.3) is 16.8 Å². The van der Waals surface area contributed by atoms with E-state index in [9.17, 15) is 15.0 Å². The Morgan fingerprint density at radius 2 is 1.82 bits per heavy atom. The number of pyridine rings is 1. The zero-order chi connectivity index (χ0) is 23.9. The summed E-state index contributed by atoms with van der Waals surface area (Å²) in [5, 5.41) is 20.7. The van der Waals surface area contributed by atoms with Gasteiger partial charge in [-0.05, 0) is 62.3 Å². The number of allylic oxidation sites excluding steroid dienone is 2. The van der Waals surface area contributed by atoms with Crippen molar-refractivity contribution in [3.63, 3.8) is 0 Å². The summed E-state index contributed by atoms with van der Waals surface area (Å²) in [6.07, 6.45) is 9.74. The molecular formula is C28H31N3O3. The Labute approximate surface area is 199 Å². The normalized spacial score (nSPS) is 20.2. The molecule has 6 nitrogen and oxygen atoms in total. The fourth-order valence-electron chi connectivity index (χ4n) is 5.16. The van der Waals surface area contributed by atoms with Gasteiger partial charge in [0, 0.05) is 17.3 Å². The van der Waals surface area contributed by atoms with Crippen molar-refractivity contribution in [1.29, 1.82) is 0 Å². The molecule has 2 aliphatic carbocycles. The highest BCUT2D eigenvalue weighted by Crippen LogP contribution is 2.35. The highest BCUT2D eigenvalue weighted by atomic mass is 16.3. The van der Waals surface area contributed by atoms with E-state index in [2.05, 4.69) is 17.1 Å². The van der Waals surface area contributed by atoms with Gasteiger partial charge in [0.15, 0.2) is 0 Å². The zero-order valence-corrected chi connectivity index (χ0v) is 19.7. The number of aromatic nitrogens is 3. The fraction of sp³-hybridized carbons (Fsp3) is 0.393. The molecule has 0 bridgehead atoms. The first-order valence-electron chi connectivity index (χ1n) is 12.1. The molecular weight excluding hydrogens is 426 g/mol. The Bertz CT molecular complexity index is 1290. The molecule has 3 aromatic rings. The van der Waals surface area contributed by atoms with E-state index in [1.165, 1.54) is 0 Å². The molecule has 2 unspecified atom stereocenters. The number of nitrogens with zero attached hydrogens (tertiary/aromatic N) is 3. The quantitative estimate of drug-likeness (QED) is 0.613. The maximum absolute atomic E-state index is 13.6. The van der Waals surface area contributed by atoms with E-state index in [0.717, 1.165) is 53.6 Å². The molecule has 2 aromatic heterocycles. The number of hydrogen-bond acceptors (Lipinski definition) is 5. The van der Waals surface area contributed by atoms with Gasteiger partial charge in [0.05, 0.1) is 29.9 Å². The van der Waals surface area contributed by atoms with Crippen LogP contribution in [-0.2, 0) is 18.4 Å². The molecule has 0 amide bonds. The van der Waals surface area contributed by atoms with Crippen LogP contribution >= 0.6 is 0 Å². The average molecular weight is 458 g/mol. The predicted molar refractivity (Wildman–Crippen MR) is 132 cm³/mol. The van der Waals surface area contributed by atoms with Crippen molar-refractivity contribution in [2.45, 2.75) is 70.1 Å². The van der Waals surface area contributed by atoms with Crippen LogP contribution in [0.3, 0.4) is 0 Å². The van der Waals surface area contributed by atoms with Crippen LogP contribution in [0.15, 0.2) is 59.8 Å². The van der Waals surface area contributed by atoms with Crippen LogP contribution in [0.1, 0.15) is 68.0 Å². The largest absolute Gasteiger partial charge is 0.391 e. The Kier molecular flexibility index (Phi) is 5.96. The van der Waals surface area contributed by atoms with Crippen LogP contribution in [-0.4, -0.2) is 30.9 Å². The lowest BCUT2D eigenvalue weighted by Crippen LogP contribution is -2.36. The molecule has 2 N–H and O–H groups in total. The van der Waals surface area contributed by atoms with Crippen LogP contribution in [0.2, 0.25) is 0 Å². The molecule has 6 heteroatoms. The topological polar surface area (TPSA) is 88.2 Å². The molecule has 2 atom stereocenters. The zero-order valence-electron chi connectivity index (χ0n) is 19.7. The van der Waals surface area contributed by atoms with Crippen LogP contribution in [0.5, 0.6) is 0 Å². The molecule has 1 aromatic carbocycles. The van der Waals surface area contributed by atoms with Crippen LogP contribution < -0.4 is 5.56 Å². The number of hydrogen-bond donors (Lipinski definition) is 2. The molecule has 0 saturated heterocycles. The second-order valence-corrected chi connectivity index (χ2v) is 9.97. The summed E-state index contributed by atoms with van der Waals surface area (Å²) in [5.74, 6) is 0. The van der Waals surface area contributed by atoms with E-state index in [1.54, 1.807) is 24.7 Å². The highest BCUT2D eigenvalue weighted by molar-refractivity contribution is 5.83. The summed E-state index contributed by atoms with van der Waals surface area (Å²) < 4.78 is 1.66. The van der Waals surface area contributed by atoms with E-state index in [1.807, 2.05) is 36.5 Å². The predicted octanol–water partition coefficient (Wildman–Crippen LogP) is 4.19. The number of fused-ring (bicyclic) bond motifs is 3. The SMILES string of the molecule is CC(C)(O)c1ccc(CC2=CCc3c(ncn(C4CCCCC4O)c3=O)-c3ccccc32)cn1. The van der Waals surface area contributed by atoms with Gasteiger partial charge in [0.25, 0.3) is 5.56 Å². The van der Waals surface area contributed by atoms with Crippen LogP contribution in [0.4, 0.5) is 0 Å². The lowest BCUT2D eigenvalue weighted by Gasteiger charge is -2.29. The van der Waals surface area contributed by atoms with Gasteiger partial charge in [0.2, 0.25) is 0 Å². The van der Waals surface area contributed by atoms with Gasteiger partial charge in [-0.2, -0.15) is 0 Å². The molecule has 5 rings (SSSR count). The third-order valence-electron chi connectivity index (χ3n) is 7.07. The van der Waals surface area contributed by atoms with Gasteiger partial charge in [0.1, 0.15) is 5.60 Å². The van der Waals surface area contributed by atoms with Crippen molar-refractivity contribution in [3.8, 4) is 11.3 Å². The summed E-state index contributed by atoms with van der Waals surface area (Å²) >= 11 is 0. The molecule has 2 aliphatic rings. The summed E-state index contributed by atoms with van der Waals surface area (Å²) in [4.78, 5) is 22.8. The maximum Gasteiger partial charge on any atom is 0.257 e. The summed E-state index contributed by atoms with van der Waals surface area (Å²) in [7, 11) is 0. The minimum Gasteiger partial charge on any atom is -0.391 e. The minimum atomic E-state index is -0.980. The van der Waals surface area contributed by atoms with E-state index < -0.39 is 11.7 Å². The Hall–Kier alpha value is -3.09. The van der Waals surface area contributed by atoms with Gasteiger partial charge >= 0.3 is 0 Å². The Morgan fingerprint density at radius 1 is 1.06 bits per heavy atom. The van der Waals surface area contributed by atoms with Gasteiger partial charge in [-0.3, -0.25) is 14.3 Å². The molecule has 0 aliphatic heterocycles. The average Bonchev–Trinajstić information content (AvgIpc) is 2.98. The lowest BCUT2D eigenvalue weighted by molar-refractivity contribution is 0.0730. The first kappa shape index (κ1) is 22.7. The highest BCUT2D eigenvalue weighted by Gasteiger charge is 2.28. The Morgan fingerprint density at radius 3 is 2.53 bits per heavy atom. The molecule has 1 saturated carbocycles. The number of aliphatic hydroxyl groups is 2. The first-order chi connectivity index (χ1) is 16.3. The maximum atomic E-state index is 13.6. The fourth-order valence-corrected chi connectivity index (χ4v) is 5.16. The monoisotopic (exact) mass is 457 g/mol. The summed E-state index contributed by atoms with van der Waals surface area (Å²) in [6.45, 7) is 3.45. The van der Waals surface area contributed by atoms with E-state index in [-0.39, 0.29) is 11.6 Å². The van der Waals surface area contributed by atoms with Gasteiger partial charge < -0.3 is 10.2 Å². The van der Waals surface area contributed by atoms with Crippen molar-refractivity contribution in [2.75, 3.05) is 0 Å². The summed E-state index contributed by atoms with van der Waals surface area (Å²) in [5.41, 5.74) is 5.18. The lowest BCUT2D eigenvalue weighted by atomic mass is 9.92. The standard InChI is InChI=1S/C28H31N3O3/c1-28(2,34)25-14-11-18(16-29-25)15-19-12-13-22-26(21-8-4-3-7-20(19)21)30-17-31(27(22)33)23-9-5-6-10-24(23)32/h3-4,7-8,11-12,14,16-17,23-24,32,34H,5-6,9-10,13,15H2,1-2H3. The van der Waals surface area contributed by atoms with Crippen molar-refractivity contribution in [2.24, 2.45) is 0 Å². The number of aliphatic hydroxyl groups excluding tert-OH is 1. The first-order valence-corrected chi connectivity index (χ1v) is 12.1. The van der Waals surface area contributed by atoms with E-state index >= 15 is 0 Å².